The van der Waals surface area contributed by atoms with E-state index in [1.165, 1.54) is 17.4 Å². The number of nitrogens with one attached hydrogen (secondary N) is 1. The van der Waals surface area contributed by atoms with Gasteiger partial charge in [-0.25, -0.2) is 0 Å². The second-order valence-electron chi connectivity index (χ2n) is 5.56. The number of carbonyl (C=O) groups is 2. The van der Waals surface area contributed by atoms with Crippen molar-refractivity contribution in [1.82, 2.24) is 0 Å². The van der Waals surface area contributed by atoms with E-state index in [1.807, 2.05) is 0 Å². The predicted molar refractivity (Wildman–Crippen MR) is 100.0 cm³/mol. The molecule has 1 aromatic heterocycles. The molecule has 0 aliphatic rings. The number of amides is 1. The van der Waals surface area contributed by atoms with E-state index in [0.717, 1.165) is 0 Å². The molecule has 0 atom stereocenters. The molecule has 0 spiro atoms. The molecule has 0 bridgehead atoms. The maximum absolute atomic E-state index is 12.6. The summed E-state index contributed by atoms with van der Waals surface area (Å²) in [7, 11) is 0. The highest BCUT2D eigenvalue weighted by Crippen LogP contribution is 2.24. The summed E-state index contributed by atoms with van der Waals surface area (Å²) in [4.78, 5) is 36.4. The van der Waals surface area contributed by atoms with E-state index in [2.05, 4.69) is 5.32 Å². The number of nitro benzene ring substituents is 1. The zero-order chi connectivity index (χ0) is 18.7. The van der Waals surface area contributed by atoms with Crippen LogP contribution < -0.4 is 5.32 Å². The average Bonchev–Trinajstić information content (AvgIpc) is 3.17. The van der Waals surface area contributed by atoms with Crippen molar-refractivity contribution in [2.24, 2.45) is 0 Å². The maximum atomic E-state index is 12.6. The van der Waals surface area contributed by atoms with Crippen molar-refractivity contribution < 1.29 is 14.5 Å². The average molecular weight is 366 g/mol. The SMILES string of the molecule is Cc1ccc(NC(=O)c2ccccc2C(=O)c2cccs2)cc1[N+](=O)[O-]. The molecule has 2 aromatic carbocycles. The summed E-state index contributed by atoms with van der Waals surface area (Å²) in [6, 6.07) is 14.4. The third kappa shape index (κ3) is 3.52. The second kappa shape index (κ2) is 7.28. The lowest BCUT2D eigenvalue weighted by Gasteiger charge is -2.09. The van der Waals surface area contributed by atoms with Gasteiger partial charge in [-0.15, -0.1) is 11.3 Å². The van der Waals surface area contributed by atoms with Gasteiger partial charge in [0.05, 0.1) is 15.4 Å². The number of anilines is 1. The Kier molecular flexibility index (Phi) is 4.90. The van der Waals surface area contributed by atoms with Crippen LogP contribution in [0.5, 0.6) is 0 Å². The zero-order valence-electron chi connectivity index (χ0n) is 13.8. The maximum Gasteiger partial charge on any atom is 0.274 e. The van der Waals surface area contributed by atoms with Crippen LogP contribution in [0.1, 0.15) is 31.2 Å². The first-order valence-electron chi connectivity index (χ1n) is 7.71. The van der Waals surface area contributed by atoms with Gasteiger partial charge in [0.25, 0.3) is 11.6 Å². The van der Waals surface area contributed by atoms with Crippen LogP contribution in [0.25, 0.3) is 0 Å². The Bertz CT molecular complexity index is 997. The van der Waals surface area contributed by atoms with Gasteiger partial charge in [0.2, 0.25) is 5.78 Å². The third-order valence-corrected chi connectivity index (χ3v) is 4.69. The fourth-order valence-corrected chi connectivity index (χ4v) is 3.18. The quantitative estimate of drug-likeness (QED) is 0.410. The molecule has 1 amide bonds. The zero-order valence-corrected chi connectivity index (χ0v) is 14.6. The van der Waals surface area contributed by atoms with E-state index < -0.39 is 10.8 Å². The second-order valence-corrected chi connectivity index (χ2v) is 6.51. The van der Waals surface area contributed by atoms with E-state index in [0.29, 0.717) is 16.1 Å². The Hall–Kier alpha value is -3.32. The lowest BCUT2D eigenvalue weighted by atomic mass is 10.0. The standard InChI is InChI=1S/C19H14N2O4S/c1-12-8-9-13(11-16(12)21(24)25)20-19(23)15-6-3-2-5-14(15)18(22)17-7-4-10-26-17/h2-11H,1H3,(H,20,23). The number of thiophene rings is 1. The van der Waals surface area contributed by atoms with E-state index >= 15 is 0 Å². The summed E-state index contributed by atoms with van der Waals surface area (Å²) < 4.78 is 0. The highest BCUT2D eigenvalue weighted by Gasteiger charge is 2.19. The Morgan fingerprint density at radius 3 is 2.42 bits per heavy atom. The van der Waals surface area contributed by atoms with Gasteiger partial charge in [0, 0.05) is 22.9 Å². The van der Waals surface area contributed by atoms with Crippen molar-refractivity contribution in [3.8, 4) is 0 Å². The van der Waals surface area contributed by atoms with Gasteiger partial charge in [0.1, 0.15) is 0 Å². The number of aryl methyl sites for hydroxylation is 1. The van der Waals surface area contributed by atoms with Crippen LogP contribution in [-0.2, 0) is 0 Å². The number of hydrogen-bond donors (Lipinski definition) is 1. The summed E-state index contributed by atoms with van der Waals surface area (Å²) in [6.45, 7) is 1.62. The summed E-state index contributed by atoms with van der Waals surface area (Å²) in [5.74, 6) is -0.732. The molecular formula is C19H14N2O4S. The molecule has 3 aromatic rings. The van der Waals surface area contributed by atoms with Crippen molar-refractivity contribution in [3.05, 3.63) is 91.7 Å². The van der Waals surface area contributed by atoms with E-state index in [1.54, 1.807) is 60.8 Å². The molecular weight excluding hydrogens is 352 g/mol. The molecule has 3 rings (SSSR count). The van der Waals surface area contributed by atoms with Crippen LogP contribution >= 0.6 is 11.3 Å². The Morgan fingerprint density at radius 2 is 1.77 bits per heavy atom. The normalized spacial score (nSPS) is 10.3. The van der Waals surface area contributed by atoms with Gasteiger partial charge in [-0.1, -0.05) is 30.3 Å². The summed E-state index contributed by atoms with van der Waals surface area (Å²) in [5.41, 5.74) is 1.22. The molecule has 0 aliphatic heterocycles. The van der Waals surface area contributed by atoms with Crippen molar-refractivity contribution in [1.29, 1.82) is 0 Å². The Morgan fingerprint density at radius 1 is 1.04 bits per heavy atom. The third-order valence-electron chi connectivity index (χ3n) is 3.82. The lowest BCUT2D eigenvalue weighted by molar-refractivity contribution is -0.385. The number of nitrogens with zero attached hydrogens (tertiary/aromatic N) is 1. The van der Waals surface area contributed by atoms with Gasteiger partial charge in [-0.3, -0.25) is 19.7 Å². The van der Waals surface area contributed by atoms with Crippen molar-refractivity contribution in [3.63, 3.8) is 0 Å². The van der Waals surface area contributed by atoms with Gasteiger partial charge in [-0.2, -0.15) is 0 Å². The molecule has 0 aliphatic carbocycles. The van der Waals surface area contributed by atoms with Crippen molar-refractivity contribution in [2.45, 2.75) is 6.92 Å². The van der Waals surface area contributed by atoms with Crippen LogP contribution in [0, 0.1) is 17.0 Å². The summed E-state index contributed by atoms with van der Waals surface area (Å²) in [6.07, 6.45) is 0. The van der Waals surface area contributed by atoms with E-state index in [4.69, 9.17) is 0 Å². The summed E-state index contributed by atoms with van der Waals surface area (Å²) >= 11 is 1.30. The molecule has 130 valence electrons. The highest BCUT2D eigenvalue weighted by atomic mass is 32.1. The number of hydrogen-bond acceptors (Lipinski definition) is 5. The first-order valence-corrected chi connectivity index (χ1v) is 8.59. The number of nitro groups is 1. The fraction of sp³-hybridized carbons (Fsp3) is 0.0526. The lowest BCUT2D eigenvalue weighted by Crippen LogP contribution is -2.16. The molecule has 0 fully saturated rings. The van der Waals surface area contributed by atoms with Crippen LogP contribution in [0.15, 0.2) is 60.0 Å². The van der Waals surface area contributed by atoms with Crippen LogP contribution in [-0.4, -0.2) is 16.6 Å². The van der Waals surface area contributed by atoms with Crippen LogP contribution in [0.4, 0.5) is 11.4 Å². The summed E-state index contributed by atoms with van der Waals surface area (Å²) in [5, 5.41) is 15.5. The first kappa shape index (κ1) is 17.5. The number of ketones is 1. The van der Waals surface area contributed by atoms with Gasteiger partial charge >= 0.3 is 0 Å². The highest BCUT2D eigenvalue weighted by molar-refractivity contribution is 7.12. The minimum Gasteiger partial charge on any atom is -0.322 e. The molecule has 6 nitrogen and oxygen atoms in total. The monoisotopic (exact) mass is 366 g/mol. The Labute approximate surface area is 153 Å². The largest absolute Gasteiger partial charge is 0.322 e. The first-order chi connectivity index (χ1) is 12.5. The topological polar surface area (TPSA) is 89.3 Å². The molecule has 0 radical (unpaired) electrons. The minimum absolute atomic E-state index is 0.0780. The van der Waals surface area contributed by atoms with Crippen molar-refractivity contribution >= 4 is 34.4 Å². The molecule has 1 N–H and O–H groups in total. The number of rotatable bonds is 5. The van der Waals surface area contributed by atoms with Crippen molar-refractivity contribution in [2.75, 3.05) is 5.32 Å². The van der Waals surface area contributed by atoms with Gasteiger partial charge in [0.15, 0.2) is 0 Å². The number of carbonyl (C=O) groups excluding carboxylic acids is 2. The molecule has 26 heavy (non-hydrogen) atoms. The predicted octanol–water partition coefficient (Wildman–Crippen LogP) is 4.45. The van der Waals surface area contributed by atoms with E-state index in [-0.39, 0.29) is 22.6 Å². The van der Waals surface area contributed by atoms with Crippen LogP contribution in [0.2, 0.25) is 0 Å². The fourth-order valence-electron chi connectivity index (χ4n) is 2.50. The molecule has 0 saturated carbocycles. The molecule has 7 heteroatoms. The smallest absolute Gasteiger partial charge is 0.274 e. The van der Waals surface area contributed by atoms with Gasteiger partial charge < -0.3 is 5.32 Å². The molecule has 0 saturated heterocycles. The minimum atomic E-state index is -0.501. The molecule has 0 unspecified atom stereocenters. The van der Waals surface area contributed by atoms with E-state index in [9.17, 15) is 19.7 Å². The molecule has 1 heterocycles. The van der Waals surface area contributed by atoms with Gasteiger partial charge in [-0.05, 0) is 30.5 Å². The van der Waals surface area contributed by atoms with Crippen LogP contribution in [0.3, 0.4) is 0 Å². The number of benzene rings is 2. The Balaban J connectivity index is 1.91.